The van der Waals surface area contributed by atoms with Crippen molar-refractivity contribution in [3.63, 3.8) is 0 Å². The van der Waals surface area contributed by atoms with E-state index in [2.05, 4.69) is 0 Å². The van der Waals surface area contributed by atoms with Gasteiger partial charge in [-0.25, -0.2) is 0 Å². The highest BCUT2D eigenvalue weighted by molar-refractivity contribution is 6.35. The lowest BCUT2D eigenvalue weighted by Crippen LogP contribution is -2.22. The highest BCUT2D eigenvalue weighted by Gasteiger charge is 2.39. The van der Waals surface area contributed by atoms with Gasteiger partial charge >= 0.3 is 6.18 Å². The van der Waals surface area contributed by atoms with E-state index in [1.54, 1.807) is 13.0 Å². The molecule has 2 aromatic carbocycles. The molecule has 0 bridgehead atoms. The molecular weight excluding hydrogens is 345 g/mol. The number of rotatable bonds is 4. The lowest BCUT2D eigenvalue weighted by molar-refractivity contribution is -0.0885. The van der Waals surface area contributed by atoms with Gasteiger partial charge in [0, 0.05) is 22.8 Å². The number of carbonyl (C=O) groups is 1. The normalized spacial score (nSPS) is 11.3. The Morgan fingerprint density at radius 1 is 1.04 bits per heavy atom. The molecule has 24 heavy (non-hydrogen) atoms. The van der Waals surface area contributed by atoms with Crippen molar-refractivity contribution in [1.82, 2.24) is 0 Å². The summed E-state index contributed by atoms with van der Waals surface area (Å²) in [6.07, 6.45) is -4.91. The van der Waals surface area contributed by atoms with Crippen molar-refractivity contribution in [1.29, 1.82) is 0 Å². The molecule has 0 amide bonds. The predicted octanol–water partition coefficient (Wildman–Crippen LogP) is 5.08. The van der Waals surface area contributed by atoms with Crippen molar-refractivity contribution in [3.05, 3.63) is 46.5 Å². The molecule has 0 spiro atoms. The number of methoxy groups -OCH3 is 2. The zero-order valence-electron chi connectivity index (χ0n) is 13.1. The standard InChI is InChI=1S/C17H14ClF3O3/c1-9-12(23-2)8-13(24-3)15(18)14(9)10-4-6-11(7-5-10)16(22)17(19,20)21/h4-8H,1-3H3. The minimum atomic E-state index is -4.91. The summed E-state index contributed by atoms with van der Waals surface area (Å²) >= 11 is 6.33. The van der Waals surface area contributed by atoms with Gasteiger partial charge < -0.3 is 9.47 Å². The zero-order chi connectivity index (χ0) is 18.1. The van der Waals surface area contributed by atoms with Gasteiger partial charge in [-0.2, -0.15) is 13.2 Å². The van der Waals surface area contributed by atoms with Crippen LogP contribution in [0.2, 0.25) is 5.02 Å². The maximum atomic E-state index is 12.5. The summed E-state index contributed by atoms with van der Waals surface area (Å²) in [4.78, 5) is 11.3. The summed E-state index contributed by atoms with van der Waals surface area (Å²) in [5.74, 6) is -0.980. The summed E-state index contributed by atoms with van der Waals surface area (Å²) in [5, 5.41) is 0.311. The predicted molar refractivity (Wildman–Crippen MR) is 85.1 cm³/mol. The lowest BCUT2D eigenvalue weighted by Gasteiger charge is -2.16. The van der Waals surface area contributed by atoms with Gasteiger partial charge in [0.15, 0.2) is 0 Å². The van der Waals surface area contributed by atoms with Crippen molar-refractivity contribution in [3.8, 4) is 22.6 Å². The van der Waals surface area contributed by atoms with Crippen molar-refractivity contribution >= 4 is 17.4 Å². The number of halogens is 4. The highest BCUT2D eigenvalue weighted by Crippen LogP contribution is 2.42. The van der Waals surface area contributed by atoms with Crippen molar-refractivity contribution in [2.45, 2.75) is 13.1 Å². The first kappa shape index (κ1) is 18.1. The molecule has 7 heteroatoms. The maximum absolute atomic E-state index is 12.5. The van der Waals surface area contributed by atoms with Gasteiger partial charge in [0.05, 0.1) is 19.2 Å². The summed E-state index contributed by atoms with van der Waals surface area (Å²) in [6, 6.07) is 6.68. The molecule has 128 valence electrons. The Bertz CT molecular complexity index is 740. The van der Waals surface area contributed by atoms with Gasteiger partial charge in [-0.3, -0.25) is 4.79 Å². The van der Waals surface area contributed by atoms with Crippen LogP contribution >= 0.6 is 11.6 Å². The van der Waals surface area contributed by atoms with Crippen LogP contribution in [0, 0.1) is 6.92 Å². The van der Waals surface area contributed by atoms with Crippen molar-refractivity contribution in [2.75, 3.05) is 14.2 Å². The number of hydrogen-bond acceptors (Lipinski definition) is 3. The van der Waals surface area contributed by atoms with E-state index in [1.807, 2.05) is 0 Å². The molecule has 2 aromatic rings. The molecule has 0 aliphatic rings. The fourth-order valence-electron chi connectivity index (χ4n) is 2.36. The van der Waals surface area contributed by atoms with E-state index in [-0.39, 0.29) is 0 Å². The Balaban J connectivity index is 2.55. The van der Waals surface area contributed by atoms with Gasteiger partial charge in [0.2, 0.25) is 0 Å². The molecule has 0 fully saturated rings. The second kappa shape index (κ2) is 6.73. The Kier molecular flexibility index (Phi) is 5.08. The first-order valence-corrected chi connectivity index (χ1v) is 7.21. The lowest BCUT2D eigenvalue weighted by atomic mass is 9.97. The SMILES string of the molecule is COc1cc(OC)c(Cl)c(-c2ccc(C(=O)C(F)(F)F)cc2)c1C. The first-order valence-electron chi connectivity index (χ1n) is 6.83. The third-order valence-electron chi connectivity index (χ3n) is 3.58. The molecular formula is C17H14ClF3O3. The number of alkyl halides is 3. The molecule has 2 rings (SSSR count). The monoisotopic (exact) mass is 358 g/mol. The van der Waals surface area contributed by atoms with E-state index in [0.717, 1.165) is 12.1 Å². The number of Topliss-reactive ketones (excluding diaryl/α,β-unsaturated/α-hetero) is 1. The van der Waals surface area contributed by atoms with E-state index < -0.39 is 17.5 Å². The largest absolute Gasteiger partial charge is 0.496 e. The molecule has 0 atom stereocenters. The zero-order valence-corrected chi connectivity index (χ0v) is 13.9. The van der Waals surface area contributed by atoms with Crippen molar-refractivity contribution in [2.24, 2.45) is 0 Å². The van der Waals surface area contributed by atoms with Gasteiger partial charge in [-0.1, -0.05) is 35.9 Å². The Morgan fingerprint density at radius 2 is 1.58 bits per heavy atom. The number of carbonyl (C=O) groups excluding carboxylic acids is 1. The molecule has 0 saturated carbocycles. The van der Waals surface area contributed by atoms with E-state index in [1.165, 1.54) is 26.4 Å². The maximum Gasteiger partial charge on any atom is 0.454 e. The second-order valence-electron chi connectivity index (χ2n) is 5.00. The van der Waals surface area contributed by atoms with E-state index in [4.69, 9.17) is 21.1 Å². The van der Waals surface area contributed by atoms with Gasteiger partial charge in [0.1, 0.15) is 11.5 Å². The number of ether oxygens (including phenoxy) is 2. The molecule has 0 N–H and O–H groups in total. The molecule has 0 radical (unpaired) electrons. The summed E-state index contributed by atoms with van der Waals surface area (Å²) < 4.78 is 47.9. The van der Waals surface area contributed by atoms with Crippen LogP contribution in [0.5, 0.6) is 11.5 Å². The molecule has 0 unspecified atom stereocenters. The van der Waals surface area contributed by atoms with Gasteiger partial charge in [-0.05, 0) is 12.5 Å². The smallest absolute Gasteiger partial charge is 0.454 e. The molecule has 0 saturated heterocycles. The quantitative estimate of drug-likeness (QED) is 0.715. The molecule has 0 aliphatic heterocycles. The van der Waals surface area contributed by atoms with Gasteiger partial charge in [-0.15, -0.1) is 0 Å². The molecule has 3 nitrogen and oxygen atoms in total. The van der Waals surface area contributed by atoms with E-state index >= 15 is 0 Å². The summed E-state index contributed by atoms with van der Waals surface area (Å²) in [6.45, 7) is 1.77. The molecule has 0 heterocycles. The van der Waals surface area contributed by atoms with Crippen LogP contribution in [0.15, 0.2) is 30.3 Å². The Morgan fingerprint density at radius 3 is 2.04 bits per heavy atom. The van der Waals surface area contributed by atoms with E-state index in [0.29, 0.717) is 33.2 Å². The van der Waals surface area contributed by atoms with Crippen molar-refractivity contribution < 1.29 is 27.4 Å². The average Bonchev–Trinajstić information content (AvgIpc) is 2.54. The number of hydrogen-bond donors (Lipinski definition) is 0. The Labute approximate surface area is 142 Å². The third kappa shape index (κ3) is 3.33. The number of benzene rings is 2. The average molecular weight is 359 g/mol. The second-order valence-corrected chi connectivity index (χ2v) is 5.38. The number of ketones is 1. The van der Waals surface area contributed by atoms with E-state index in [9.17, 15) is 18.0 Å². The minimum absolute atomic E-state index is 0.311. The summed E-state index contributed by atoms with van der Waals surface area (Å²) in [5.41, 5.74) is 1.39. The van der Waals surface area contributed by atoms with Crippen LogP contribution in [-0.4, -0.2) is 26.2 Å². The van der Waals surface area contributed by atoms with Crippen LogP contribution in [0.1, 0.15) is 15.9 Å². The fourth-order valence-corrected chi connectivity index (χ4v) is 2.74. The topological polar surface area (TPSA) is 35.5 Å². The summed E-state index contributed by atoms with van der Waals surface area (Å²) in [7, 11) is 2.94. The minimum Gasteiger partial charge on any atom is -0.496 e. The molecule has 0 aliphatic carbocycles. The Hall–Kier alpha value is -2.21. The molecule has 0 aromatic heterocycles. The van der Waals surface area contributed by atoms with Crippen LogP contribution in [0.25, 0.3) is 11.1 Å². The highest BCUT2D eigenvalue weighted by atomic mass is 35.5. The van der Waals surface area contributed by atoms with Gasteiger partial charge in [0.25, 0.3) is 5.78 Å². The first-order chi connectivity index (χ1) is 11.2. The third-order valence-corrected chi connectivity index (χ3v) is 3.95. The van der Waals surface area contributed by atoms with Crippen LogP contribution in [0.4, 0.5) is 13.2 Å². The van der Waals surface area contributed by atoms with Crippen LogP contribution in [0.3, 0.4) is 0 Å². The van der Waals surface area contributed by atoms with Crippen LogP contribution in [-0.2, 0) is 0 Å². The fraction of sp³-hybridized carbons (Fsp3) is 0.235. The van der Waals surface area contributed by atoms with Crippen LogP contribution < -0.4 is 9.47 Å².